The molecule has 0 aliphatic heterocycles. The van der Waals surface area contributed by atoms with Gasteiger partial charge in [0.25, 0.3) is 5.69 Å². The van der Waals surface area contributed by atoms with Crippen LogP contribution >= 0.6 is 0 Å². The molecule has 0 spiro atoms. The molecule has 0 bridgehead atoms. The maximum Gasteiger partial charge on any atom is 0.274 e. The van der Waals surface area contributed by atoms with Gasteiger partial charge in [-0.1, -0.05) is 30.3 Å². The van der Waals surface area contributed by atoms with Gasteiger partial charge in [-0.05, 0) is 12.1 Å². The first-order chi connectivity index (χ1) is 12.5. The predicted octanol–water partition coefficient (Wildman–Crippen LogP) is 2.42. The van der Waals surface area contributed by atoms with Gasteiger partial charge in [-0.3, -0.25) is 19.7 Å². The number of para-hydroxylation sites is 2. The molecule has 0 saturated carbocycles. The lowest BCUT2D eigenvalue weighted by Crippen LogP contribution is -2.39. The van der Waals surface area contributed by atoms with Gasteiger partial charge in [-0.15, -0.1) is 0 Å². The SMILES string of the molecule is CC(=O)N(Cc1ccccc1[N+](=O)[O-])Nn1ccc(=O)c2ccccc21. The summed E-state index contributed by atoms with van der Waals surface area (Å²) >= 11 is 0. The van der Waals surface area contributed by atoms with Crippen LogP contribution in [0.2, 0.25) is 0 Å². The number of nitro groups is 1. The van der Waals surface area contributed by atoms with E-state index in [1.165, 1.54) is 34.9 Å². The average Bonchev–Trinajstić information content (AvgIpc) is 2.63. The third kappa shape index (κ3) is 3.39. The van der Waals surface area contributed by atoms with Gasteiger partial charge >= 0.3 is 0 Å². The van der Waals surface area contributed by atoms with E-state index in [1.54, 1.807) is 42.5 Å². The number of hydrogen-bond acceptors (Lipinski definition) is 5. The number of carbonyl (C=O) groups is 1. The molecule has 26 heavy (non-hydrogen) atoms. The van der Waals surface area contributed by atoms with Crippen LogP contribution in [0.1, 0.15) is 12.5 Å². The molecule has 8 heteroatoms. The van der Waals surface area contributed by atoms with Crippen molar-refractivity contribution >= 4 is 22.5 Å². The Morgan fingerprint density at radius 2 is 1.85 bits per heavy atom. The quantitative estimate of drug-likeness (QED) is 0.562. The van der Waals surface area contributed by atoms with Gasteiger partial charge in [0.05, 0.1) is 22.5 Å². The summed E-state index contributed by atoms with van der Waals surface area (Å²) in [6.45, 7) is 1.35. The molecule has 3 rings (SSSR count). The van der Waals surface area contributed by atoms with Crippen molar-refractivity contribution in [3.05, 3.63) is 86.7 Å². The Morgan fingerprint density at radius 1 is 1.15 bits per heavy atom. The number of hydrogen-bond donors (Lipinski definition) is 1. The fourth-order valence-corrected chi connectivity index (χ4v) is 2.63. The number of rotatable bonds is 5. The molecule has 3 aromatic rings. The highest BCUT2D eigenvalue weighted by atomic mass is 16.6. The lowest BCUT2D eigenvalue weighted by atomic mass is 10.2. The predicted molar refractivity (Wildman–Crippen MR) is 96.9 cm³/mol. The highest BCUT2D eigenvalue weighted by Gasteiger charge is 2.18. The molecule has 0 aliphatic rings. The van der Waals surface area contributed by atoms with Crippen molar-refractivity contribution in [3.8, 4) is 0 Å². The second-order valence-electron chi connectivity index (χ2n) is 5.66. The first kappa shape index (κ1) is 17.2. The molecule has 0 saturated heterocycles. The van der Waals surface area contributed by atoms with Crippen molar-refractivity contribution in [2.75, 3.05) is 5.53 Å². The van der Waals surface area contributed by atoms with Gasteiger partial charge in [0.1, 0.15) is 0 Å². The number of nitro benzene ring substituents is 1. The number of hydrazine groups is 1. The zero-order chi connectivity index (χ0) is 18.7. The summed E-state index contributed by atoms with van der Waals surface area (Å²) < 4.78 is 1.53. The van der Waals surface area contributed by atoms with Crippen LogP contribution in [-0.2, 0) is 11.3 Å². The highest BCUT2D eigenvalue weighted by molar-refractivity contribution is 5.79. The van der Waals surface area contributed by atoms with Crippen LogP contribution in [0.3, 0.4) is 0 Å². The molecule has 132 valence electrons. The number of pyridine rings is 1. The molecule has 8 nitrogen and oxygen atoms in total. The molecule has 0 aliphatic carbocycles. The van der Waals surface area contributed by atoms with E-state index in [0.717, 1.165) is 0 Å². The summed E-state index contributed by atoms with van der Waals surface area (Å²) in [6.07, 6.45) is 1.51. The Hall–Kier alpha value is -3.68. The monoisotopic (exact) mass is 352 g/mol. The molecule has 0 fully saturated rings. The van der Waals surface area contributed by atoms with Crippen LogP contribution in [0, 0.1) is 10.1 Å². The van der Waals surface area contributed by atoms with Crippen LogP contribution in [0.5, 0.6) is 0 Å². The van der Waals surface area contributed by atoms with Gasteiger partial charge in [0, 0.05) is 30.6 Å². The highest BCUT2D eigenvalue weighted by Crippen LogP contribution is 2.19. The van der Waals surface area contributed by atoms with Crippen molar-refractivity contribution < 1.29 is 9.72 Å². The smallest absolute Gasteiger partial charge is 0.274 e. The largest absolute Gasteiger partial charge is 0.289 e. The zero-order valence-corrected chi connectivity index (χ0v) is 14.0. The number of benzene rings is 2. The summed E-state index contributed by atoms with van der Waals surface area (Å²) in [7, 11) is 0. The Labute approximate surface area is 148 Å². The number of fused-ring (bicyclic) bond motifs is 1. The number of amides is 1. The van der Waals surface area contributed by atoms with E-state index < -0.39 is 4.92 Å². The molecule has 0 unspecified atom stereocenters. The van der Waals surface area contributed by atoms with Crippen molar-refractivity contribution in [1.82, 2.24) is 9.69 Å². The second kappa shape index (κ2) is 7.06. The van der Waals surface area contributed by atoms with Crippen molar-refractivity contribution in [2.24, 2.45) is 0 Å². The normalized spacial score (nSPS) is 10.5. The average molecular weight is 352 g/mol. The van der Waals surface area contributed by atoms with Crippen LogP contribution in [0.15, 0.2) is 65.6 Å². The van der Waals surface area contributed by atoms with Crippen LogP contribution in [0.25, 0.3) is 10.9 Å². The maximum absolute atomic E-state index is 12.1. The van der Waals surface area contributed by atoms with Gasteiger partial charge in [0.2, 0.25) is 5.91 Å². The van der Waals surface area contributed by atoms with E-state index in [-0.39, 0.29) is 23.6 Å². The fraction of sp³-hybridized carbons (Fsp3) is 0.111. The second-order valence-corrected chi connectivity index (χ2v) is 5.66. The van der Waals surface area contributed by atoms with Crippen molar-refractivity contribution in [3.63, 3.8) is 0 Å². The Balaban J connectivity index is 1.97. The fourth-order valence-electron chi connectivity index (χ4n) is 2.63. The van der Waals surface area contributed by atoms with Crippen molar-refractivity contribution in [1.29, 1.82) is 0 Å². The standard InChI is InChI=1S/C18H16N4O4/c1-13(23)21(12-14-6-2-4-8-16(14)22(25)26)19-20-11-10-18(24)15-7-3-5-9-17(15)20/h2-11,19H,12H2,1H3. The van der Waals surface area contributed by atoms with Crippen molar-refractivity contribution in [2.45, 2.75) is 13.5 Å². The van der Waals surface area contributed by atoms with Crippen LogP contribution < -0.4 is 11.0 Å². The van der Waals surface area contributed by atoms with Gasteiger partial charge in [0.15, 0.2) is 5.43 Å². The molecule has 1 heterocycles. The van der Waals surface area contributed by atoms with Crippen LogP contribution in [0.4, 0.5) is 5.69 Å². The molecular formula is C18H16N4O4. The minimum Gasteiger partial charge on any atom is -0.289 e. The third-order valence-electron chi connectivity index (χ3n) is 3.93. The van der Waals surface area contributed by atoms with Gasteiger partial charge in [-0.2, -0.15) is 0 Å². The number of nitrogens with one attached hydrogen (secondary N) is 1. The minimum atomic E-state index is -0.484. The molecule has 2 aromatic carbocycles. The summed E-state index contributed by atoms with van der Waals surface area (Å²) in [4.78, 5) is 34.7. The summed E-state index contributed by atoms with van der Waals surface area (Å²) in [5.74, 6) is -0.328. The molecule has 1 amide bonds. The summed E-state index contributed by atoms with van der Waals surface area (Å²) in [6, 6.07) is 14.6. The Kier molecular flexibility index (Phi) is 4.66. The first-order valence-electron chi connectivity index (χ1n) is 7.85. The lowest BCUT2D eigenvalue weighted by Gasteiger charge is -2.25. The van der Waals surface area contributed by atoms with Crippen LogP contribution in [-0.4, -0.2) is 20.5 Å². The molecule has 0 atom stereocenters. The van der Waals surface area contributed by atoms with E-state index in [1.807, 2.05) is 0 Å². The molecular weight excluding hydrogens is 336 g/mol. The van der Waals surface area contributed by atoms with E-state index in [0.29, 0.717) is 16.5 Å². The third-order valence-corrected chi connectivity index (χ3v) is 3.93. The molecule has 1 N–H and O–H groups in total. The van der Waals surface area contributed by atoms with Gasteiger partial charge in [-0.25, -0.2) is 15.2 Å². The van der Waals surface area contributed by atoms with E-state index >= 15 is 0 Å². The van der Waals surface area contributed by atoms with E-state index in [2.05, 4.69) is 5.53 Å². The summed E-state index contributed by atoms with van der Waals surface area (Å²) in [5, 5.41) is 12.9. The molecule has 0 radical (unpaired) electrons. The minimum absolute atomic E-state index is 0.00700. The topological polar surface area (TPSA) is 97.5 Å². The Morgan fingerprint density at radius 3 is 2.58 bits per heavy atom. The molecule has 1 aromatic heterocycles. The van der Waals surface area contributed by atoms with E-state index in [4.69, 9.17) is 0 Å². The summed E-state index contributed by atoms with van der Waals surface area (Å²) in [5.41, 5.74) is 3.69. The number of nitrogens with zero attached hydrogens (tertiary/aromatic N) is 3. The number of carbonyl (C=O) groups excluding carboxylic acids is 1. The lowest BCUT2D eigenvalue weighted by molar-refractivity contribution is -0.385. The number of aromatic nitrogens is 1. The maximum atomic E-state index is 12.1. The van der Waals surface area contributed by atoms with E-state index in [9.17, 15) is 19.7 Å². The Bertz CT molecular complexity index is 1040. The zero-order valence-electron chi connectivity index (χ0n) is 14.0. The first-order valence-corrected chi connectivity index (χ1v) is 7.85. The van der Waals surface area contributed by atoms with Gasteiger partial charge < -0.3 is 0 Å².